The van der Waals surface area contributed by atoms with E-state index in [0.29, 0.717) is 20.1 Å². The van der Waals surface area contributed by atoms with E-state index >= 15 is 0 Å². The SMILES string of the molecule is O=S(=O)(Nc1cc(Cl)ccc1Br)c1ccsc1CO. The zero-order chi connectivity index (χ0) is 14.0. The maximum absolute atomic E-state index is 12.2. The number of benzene rings is 1. The first-order valence-electron chi connectivity index (χ1n) is 5.09. The second-order valence-electron chi connectivity index (χ2n) is 3.60. The van der Waals surface area contributed by atoms with Gasteiger partial charge in [0.25, 0.3) is 10.0 Å². The number of aliphatic hydroxyl groups excluding tert-OH is 1. The molecular formula is C11H9BrClNO3S2. The van der Waals surface area contributed by atoms with E-state index in [4.69, 9.17) is 16.7 Å². The number of nitrogens with one attached hydrogen (secondary N) is 1. The third kappa shape index (κ3) is 3.29. The molecule has 4 nitrogen and oxygen atoms in total. The Morgan fingerprint density at radius 3 is 2.79 bits per heavy atom. The molecule has 0 amide bonds. The zero-order valence-corrected chi connectivity index (χ0v) is 13.4. The molecule has 2 aromatic rings. The van der Waals surface area contributed by atoms with E-state index in [1.165, 1.54) is 23.5 Å². The first kappa shape index (κ1) is 14.8. The summed E-state index contributed by atoms with van der Waals surface area (Å²) in [5.74, 6) is 0. The van der Waals surface area contributed by atoms with Crippen LogP contribution in [-0.4, -0.2) is 13.5 Å². The summed E-state index contributed by atoms with van der Waals surface area (Å²) in [5.41, 5.74) is 0.350. The van der Waals surface area contributed by atoms with Gasteiger partial charge in [0.05, 0.1) is 17.2 Å². The molecular weight excluding hydrogens is 374 g/mol. The number of aliphatic hydroxyl groups is 1. The molecule has 0 radical (unpaired) electrons. The standard InChI is InChI=1S/C11H9BrClNO3S2/c12-8-2-1-7(13)5-9(8)14-19(16,17)11-3-4-18-10(11)6-15/h1-5,14-15H,6H2. The summed E-state index contributed by atoms with van der Waals surface area (Å²) in [4.78, 5) is 0.470. The van der Waals surface area contributed by atoms with Gasteiger partial charge in [0.2, 0.25) is 0 Å². The van der Waals surface area contributed by atoms with Gasteiger partial charge in [-0.3, -0.25) is 4.72 Å². The van der Waals surface area contributed by atoms with Gasteiger partial charge < -0.3 is 5.11 Å². The van der Waals surface area contributed by atoms with Crippen molar-refractivity contribution in [1.29, 1.82) is 0 Å². The molecule has 2 rings (SSSR count). The highest BCUT2D eigenvalue weighted by atomic mass is 79.9. The van der Waals surface area contributed by atoms with Gasteiger partial charge in [-0.25, -0.2) is 8.42 Å². The van der Waals surface area contributed by atoms with Crippen LogP contribution in [0.25, 0.3) is 0 Å². The fraction of sp³-hybridized carbons (Fsp3) is 0.0909. The predicted molar refractivity (Wildman–Crippen MR) is 80.2 cm³/mol. The van der Waals surface area contributed by atoms with E-state index in [2.05, 4.69) is 20.7 Å². The van der Waals surface area contributed by atoms with E-state index < -0.39 is 10.0 Å². The molecule has 0 fully saturated rings. The molecule has 0 bridgehead atoms. The molecule has 0 aliphatic carbocycles. The summed E-state index contributed by atoms with van der Waals surface area (Å²) in [7, 11) is -3.74. The topological polar surface area (TPSA) is 66.4 Å². The highest BCUT2D eigenvalue weighted by Crippen LogP contribution is 2.30. The van der Waals surface area contributed by atoms with Crippen molar-refractivity contribution in [2.75, 3.05) is 4.72 Å². The third-order valence-corrected chi connectivity index (χ3v) is 5.72. The largest absolute Gasteiger partial charge is 0.391 e. The Bertz CT molecular complexity index is 700. The van der Waals surface area contributed by atoms with Crippen molar-refractivity contribution in [3.63, 3.8) is 0 Å². The fourth-order valence-electron chi connectivity index (χ4n) is 1.46. The monoisotopic (exact) mass is 381 g/mol. The molecule has 0 saturated carbocycles. The Morgan fingerprint density at radius 2 is 2.11 bits per heavy atom. The highest BCUT2D eigenvalue weighted by molar-refractivity contribution is 9.10. The average Bonchev–Trinajstić information content (AvgIpc) is 2.82. The Kier molecular flexibility index (Phi) is 4.52. The maximum atomic E-state index is 12.2. The second-order valence-corrected chi connectivity index (χ2v) is 7.54. The van der Waals surface area contributed by atoms with Crippen LogP contribution in [0.2, 0.25) is 5.02 Å². The number of halogens is 2. The van der Waals surface area contributed by atoms with Crippen molar-refractivity contribution >= 4 is 54.6 Å². The Balaban J connectivity index is 2.39. The van der Waals surface area contributed by atoms with Gasteiger partial charge in [-0.1, -0.05) is 11.6 Å². The third-order valence-electron chi connectivity index (χ3n) is 2.31. The summed E-state index contributed by atoms with van der Waals surface area (Å²) in [5, 5.41) is 11.2. The molecule has 0 saturated heterocycles. The van der Waals surface area contributed by atoms with Crippen LogP contribution in [0.1, 0.15) is 4.88 Å². The number of hydrogen-bond acceptors (Lipinski definition) is 4. The van der Waals surface area contributed by atoms with Crippen molar-refractivity contribution in [3.8, 4) is 0 Å². The summed E-state index contributed by atoms with van der Waals surface area (Å²) in [6.45, 7) is -0.315. The van der Waals surface area contributed by atoms with Gasteiger partial charge in [0.15, 0.2) is 0 Å². The van der Waals surface area contributed by atoms with Crippen LogP contribution in [0.4, 0.5) is 5.69 Å². The number of thiophene rings is 1. The van der Waals surface area contributed by atoms with Crippen LogP contribution >= 0.6 is 38.9 Å². The van der Waals surface area contributed by atoms with Crippen molar-refractivity contribution in [2.24, 2.45) is 0 Å². The minimum Gasteiger partial charge on any atom is -0.391 e. The van der Waals surface area contributed by atoms with Gasteiger partial charge >= 0.3 is 0 Å². The highest BCUT2D eigenvalue weighted by Gasteiger charge is 2.20. The Hall–Kier alpha value is -0.600. The lowest BCUT2D eigenvalue weighted by Gasteiger charge is -2.10. The van der Waals surface area contributed by atoms with Crippen molar-refractivity contribution in [1.82, 2.24) is 0 Å². The Labute approximate surface area is 128 Å². The minimum atomic E-state index is -3.74. The van der Waals surface area contributed by atoms with E-state index in [0.717, 1.165) is 0 Å². The van der Waals surface area contributed by atoms with Crippen molar-refractivity contribution in [2.45, 2.75) is 11.5 Å². The minimum absolute atomic E-state index is 0.0758. The lowest BCUT2D eigenvalue weighted by Crippen LogP contribution is -2.14. The van der Waals surface area contributed by atoms with Crippen LogP contribution in [0, 0.1) is 0 Å². The Morgan fingerprint density at radius 1 is 1.37 bits per heavy atom. The van der Waals surface area contributed by atoms with E-state index in [1.807, 2.05) is 0 Å². The second kappa shape index (κ2) is 5.80. The van der Waals surface area contributed by atoms with Gasteiger partial charge in [-0.15, -0.1) is 11.3 Å². The number of rotatable bonds is 4. The molecule has 1 aromatic carbocycles. The first-order chi connectivity index (χ1) is 8.94. The van der Waals surface area contributed by atoms with Gasteiger partial charge in [0.1, 0.15) is 4.90 Å². The van der Waals surface area contributed by atoms with Crippen LogP contribution in [-0.2, 0) is 16.6 Å². The van der Waals surface area contributed by atoms with Crippen LogP contribution in [0.5, 0.6) is 0 Å². The van der Waals surface area contributed by atoms with Gasteiger partial charge in [-0.05, 0) is 45.6 Å². The molecule has 0 atom stereocenters. The summed E-state index contributed by atoms with van der Waals surface area (Å²) >= 11 is 10.3. The lowest BCUT2D eigenvalue weighted by atomic mass is 10.3. The molecule has 0 unspecified atom stereocenters. The fourth-order valence-corrected chi connectivity index (χ4v) is 4.47. The van der Waals surface area contributed by atoms with Gasteiger partial charge in [0, 0.05) is 9.50 Å². The molecule has 0 spiro atoms. The molecule has 19 heavy (non-hydrogen) atoms. The molecule has 0 aliphatic heterocycles. The van der Waals surface area contributed by atoms with E-state index in [-0.39, 0.29) is 11.5 Å². The molecule has 102 valence electrons. The van der Waals surface area contributed by atoms with E-state index in [9.17, 15) is 8.42 Å². The maximum Gasteiger partial charge on any atom is 0.263 e. The molecule has 8 heteroatoms. The van der Waals surface area contributed by atoms with E-state index in [1.54, 1.807) is 17.5 Å². The molecule has 0 aliphatic rings. The number of hydrogen-bond donors (Lipinski definition) is 2. The van der Waals surface area contributed by atoms with Crippen LogP contribution in [0.3, 0.4) is 0 Å². The van der Waals surface area contributed by atoms with Crippen molar-refractivity contribution < 1.29 is 13.5 Å². The quantitative estimate of drug-likeness (QED) is 0.851. The van der Waals surface area contributed by atoms with Crippen LogP contribution in [0.15, 0.2) is 39.0 Å². The van der Waals surface area contributed by atoms with Crippen LogP contribution < -0.4 is 4.72 Å². The van der Waals surface area contributed by atoms with Gasteiger partial charge in [-0.2, -0.15) is 0 Å². The first-order valence-corrected chi connectivity index (χ1v) is 8.62. The average molecular weight is 383 g/mol. The zero-order valence-electron chi connectivity index (χ0n) is 9.43. The summed E-state index contributed by atoms with van der Waals surface area (Å²) in [6, 6.07) is 6.26. The lowest BCUT2D eigenvalue weighted by molar-refractivity contribution is 0.282. The predicted octanol–water partition coefficient (Wildman–Crippen LogP) is 3.46. The molecule has 1 heterocycles. The summed E-state index contributed by atoms with van der Waals surface area (Å²) in [6.07, 6.45) is 0. The smallest absolute Gasteiger partial charge is 0.263 e. The number of anilines is 1. The normalized spacial score (nSPS) is 11.5. The molecule has 1 aromatic heterocycles. The molecule has 2 N–H and O–H groups in total. The van der Waals surface area contributed by atoms with Crippen molar-refractivity contribution in [3.05, 3.63) is 44.0 Å². The number of sulfonamides is 1. The summed E-state index contributed by atoms with van der Waals surface area (Å²) < 4.78 is 27.5.